The lowest BCUT2D eigenvalue weighted by molar-refractivity contribution is -0.00354. The van der Waals surface area contributed by atoms with Crippen LogP contribution < -0.4 is 5.32 Å². The first-order valence-electron chi connectivity index (χ1n) is 3.52. The van der Waals surface area contributed by atoms with Crippen LogP contribution in [0.1, 0.15) is 10.5 Å². The van der Waals surface area contributed by atoms with Crippen LogP contribution in [-0.4, -0.2) is 34.7 Å². The Labute approximate surface area is 72.9 Å². The molecule has 0 aliphatic carbocycles. The van der Waals surface area contributed by atoms with E-state index >= 15 is 0 Å². The first-order valence-corrected chi connectivity index (χ1v) is 4.35. The summed E-state index contributed by atoms with van der Waals surface area (Å²) in [5.41, 5.74) is 0.381. The number of carbonyl (C=O) groups is 1. The van der Waals surface area contributed by atoms with E-state index in [1.165, 1.54) is 11.5 Å². The van der Waals surface area contributed by atoms with Crippen molar-refractivity contribution in [2.75, 3.05) is 13.2 Å². The molecule has 1 aromatic heterocycles. The predicted octanol–water partition coefficient (Wildman–Crippen LogP) is -0.333. The fourth-order valence-electron chi connectivity index (χ4n) is 0.842. The number of carbonyl (C=O) groups excluding carboxylic acids is 1. The number of rotatable bonds is 2. The highest BCUT2D eigenvalue weighted by Gasteiger charge is 2.21. The number of nitrogens with one attached hydrogen (secondary N) is 1. The zero-order valence-corrected chi connectivity index (χ0v) is 7.00. The van der Waals surface area contributed by atoms with Crippen molar-refractivity contribution in [1.29, 1.82) is 0 Å². The predicted molar refractivity (Wildman–Crippen MR) is 42.0 cm³/mol. The Balaban J connectivity index is 1.92. The van der Waals surface area contributed by atoms with E-state index in [1.54, 1.807) is 5.38 Å². The smallest absolute Gasteiger partial charge is 0.273 e. The first-order chi connectivity index (χ1) is 5.86. The summed E-state index contributed by atoms with van der Waals surface area (Å²) < 4.78 is 8.50. The molecule has 0 spiro atoms. The van der Waals surface area contributed by atoms with E-state index in [0.29, 0.717) is 18.9 Å². The third-order valence-corrected chi connectivity index (χ3v) is 2.07. The van der Waals surface area contributed by atoms with Gasteiger partial charge in [0.2, 0.25) is 0 Å². The summed E-state index contributed by atoms with van der Waals surface area (Å²) in [4.78, 5) is 11.2. The number of nitrogens with zero attached hydrogens (tertiary/aromatic N) is 2. The summed E-state index contributed by atoms with van der Waals surface area (Å²) in [7, 11) is 0. The van der Waals surface area contributed by atoms with Crippen molar-refractivity contribution in [3.8, 4) is 0 Å². The van der Waals surface area contributed by atoms with E-state index < -0.39 is 0 Å². The molecule has 6 heteroatoms. The van der Waals surface area contributed by atoms with E-state index in [2.05, 4.69) is 14.9 Å². The van der Waals surface area contributed by atoms with Gasteiger partial charge in [-0.3, -0.25) is 4.79 Å². The largest absolute Gasteiger partial charge is 0.377 e. The van der Waals surface area contributed by atoms with E-state index in [0.717, 1.165) is 0 Å². The molecule has 0 radical (unpaired) electrons. The van der Waals surface area contributed by atoms with Gasteiger partial charge < -0.3 is 10.1 Å². The van der Waals surface area contributed by atoms with Gasteiger partial charge in [-0.1, -0.05) is 4.49 Å². The van der Waals surface area contributed by atoms with Crippen molar-refractivity contribution >= 4 is 17.4 Å². The molecule has 1 fully saturated rings. The highest BCUT2D eigenvalue weighted by Crippen LogP contribution is 2.02. The Morgan fingerprint density at radius 1 is 1.75 bits per heavy atom. The minimum atomic E-state index is -0.169. The zero-order valence-electron chi connectivity index (χ0n) is 6.19. The molecule has 5 nitrogen and oxygen atoms in total. The number of amides is 1. The normalized spacial score (nSPS) is 17.0. The van der Waals surface area contributed by atoms with Crippen LogP contribution in [0.3, 0.4) is 0 Å². The van der Waals surface area contributed by atoms with E-state index in [4.69, 9.17) is 4.74 Å². The molecule has 2 heterocycles. The van der Waals surface area contributed by atoms with Crippen molar-refractivity contribution in [2.24, 2.45) is 0 Å². The summed E-state index contributed by atoms with van der Waals surface area (Å²) in [5, 5.41) is 8.02. The molecule has 1 saturated heterocycles. The van der Waals surface area contributed by atoms with Crippen LogP contribution in [-0.2, 0) is 4.74 Å². The Hall–Kier alpha value is -1.01. The molecular formula is C6H7N3O2S. The van der Waals surface area contributed by atoms with E-state index in [-0.39, 0.29) is 11.9 Å². The Bertz CT molecular complexity index is 270. The molecule has 12 heavy (non-hydrogen) atoms. The van der Waals surface area contributed by atoms with Crippen LogP contribution in [0.5, 0.6) is 0 Å². The lowest BCUT2D eigenvalue weighted by Crippen LogP contribution is -2.48. The van der Waals surface area contributed by atoms with Crippen molar-refractivity contribution in [1.82, 2.24) is 14.9 Å². The second-order valence-electron chi connectivity index (χ2n) is 2.50. The second kappa shape index (κ2) is 3.16. The van der Waals surface area contributed by atoms with Crippen LogP contribution in [0.15, 0.2) is 5.38 Å². The Kier molecular flexibility index (Phi) is 2.01. The summed E-state index contributed by atoms with van der Waals surface area (Å²) >= 11 is 1.17. The van der Waals surface area contributed by atoms with Crippen LogP contribution in [0, 0.1) is 0 Å². The van der Waals surface area contributed by atoms with Gasteiger partial charge in [-0.25, -0.2) is 0 Å². The van der Waals surface area contributed by atoms with Crippen LogP contribution in [0.2, 0.25) is 0 Å². The quantitative estimate of drug-likeness (QED) is 0.685. The summed E-state index contributed by atoms with van der Waals surface area (Å²) in [6.45, 7) is 1.20. The highest BCUT2D eigenvalue weighted by molar-refractivity contribution is 7.03. The molecule has 0 aromatic carbocycles. The third kappa shape index (κ3) is 1.44. The van der Waals surface area contributed by atoms with Crippen molar-refractivity contribution in [2.45, 2.75) is 6.04 Å². The fourth-order valence-corrected chi connectivity index (χ4v) is 1.28. The number of hydrogen-bond acceptors (Lipinski definition) is 5. The summed E-state index contributed by atoms with van der Waals surface area (Å²) in [6.07, 6.45) is 0. The van der Waals surface area contributed by atoms with Gasteiger partial charge in [0.15, 0.2) is 5.69 Å². The van der Waals surface area contributed by atoms with Gasteiger partial charge in [0.05, 0.1) is 19.3 Å². The summed E-state index contributed by atoms with van der Waals surface area (Å²) in [5.74, 6) is -0.169. The van der Waals surface area contributed by atoms with Gasteiger partial charge in [0, 0.05) is 5.38 Å². The SMILES string of the molecule is O=C(NC1COC1)c1csnn1. The van der Waals surface area contributed by atoms with Crippen LogP contribution in [0.4, 0.5) is 0 Å². The van der Waals surface area contributed by atoms with Crippen LogP contribution >= 0.6 is 11.5 Å². The molecule has 1 aromatic rings. The second-order valence-corrected chi connectivity index (χ2v) is 3.11. The van der Waals surface area contributed by atoms with Gasteiger partial charge in [-0.15, -0.1) is 5.10 Å². The van der Waals surface area contributed by atoms with E-state index in [9.17, 15) is 4.79 Å². The summed E-state index contributed by atoms with van der Waals surface area (Å²) in [6, 6.07) is 0.152. The van der Waals surface area contributed by atoms with Gasteiger partial charge in [-0.05, 0) is 11.5 Å². The van der Waals surface area contributed by atoms with Crippen LogP contribution in [0.25, 0.3) is 0 Å². The minimum Gasteiger partial charge on any atom is -0.377 e. The maximum Gasteiger partial charge on any atom is 0.273 e. The molecular weight excluding hydrogens is 178 g/mol. The number of aromatic nitrogens is 2. The number of ether oxygens (including phenoxy) is 1. The topological polar surface area (TPSA) is 64.1 Å². The third-order valence-electron chi connectivity index (χ3n) is 1.57. The molecule has 0 atom stereocenters. The van der Waals surface area contributed by atoms with E-state index in [1.807, 2.05) is 0 Å². The lowest BCUT2D eigenvalue weighted by atomic mass is 10.2. The standard InChI is InChI=1S/C6H7N3O2S/c10-6(5-3-12-9-8-5)7-4-1-11-2-4/h3-4H,1-2H2,(H,7,10). The fraction of sp³-hybridized carbons (Fsp3) is 0.500. The monoisotopic (exact) mass is 185 g/mol. The van der Waals surface area contributed by atoms with Gasteiger partial charge in [0.1, 0.15) is 0 Å². The average Bonchev–Trinajstić information content (AvgIpc) is 2.47. The number of hydrogen-bond donors (Lipinski definition) is 1. The maximum atomic E-state index is 11.2. The maximum absolute atomic E-state index is 11.2. The lowest BCUT2D eigenvalue weighted by Gasteiger charge is -2.26. The molecule has 1 N–H and O–H groups in total. The zero-order chi connectivity index (χ0) is 8.39. The Morgan fingerprint density at radius 3 is 3.08 bits per heavy atom. The Morgan fingerprint density at radius 2 is 2.58 bits per heavy atom. The van der Waals surface area contributed by atoms with Crippen molar-refractivity contribution in [3.63, 3.8) is 0 Å². The molecule has 1 amide bonds. The first kappa shape index (κ1) is 7.63. The molecule has 1 aliphatic heterocycles. The molecule has 64 valence electrons. The van der Waals surface area contributed by atoms with Gasteiger partial charge in [0.25, 0.3) is 5.91 Å². The minimum absolute atomic E-state index is 0.152. The van der Waals surface area contributed by atoms with Gasteiger partial charge >= 0.3 is 0 Å². The van der Waals surface area contributed by atoms with Gasteiger partial charge in [-0.2, -0.15) is 0 Å². The molecule has 1 aliphatic rings. The molecule has 2 rings (SSSR count). The van der Waals surface area contributed by atoms with Crippen molar-refractivity contribution in [3.05, 3.63) is 11.1 Å². The molecule has 0 unspecified atom stereocenters. The average molecular weight is 185 g/mol. The molecule has 0 saturated carbocycles. The highest BCUT2D eigenvalue weighted by atomic mass is 32.1. The molecule has 0 bridgehead atoms. The van der Waals surface area contributed by atoms with Crippen molar-refractivity contribution < 1.29 is 9.53 Å².